The van der Waals surface area contributed by atoms with Gasteiger partial charge >= 0.3 is 5.63 Å². The molecule has 4 rings (SSSR count). The maximum Gasteiger partial charge on any atom is 0.348 e. The summed E-state index contributed by atoms with van der Waals surface area (Å²) in [6.45, 7) is 0. The van der Waals surface area contributed by atoms with Crippen LogP contribution in [0.3, 0.4) is 0 Å². The van der Waals surface area contributed by atoms with Crippen LogP contribution in [0.25, 0.3) is 32.8 Å². The average molecular weight is 370 g/mol. The molecule has 0 aliphatic rings. The van der Waals surface area contributed by atoms with Crippen molar-refractivity contribution in [3.8, 4) is 28.3 Å². The lowest BCUT2D eigenvalue weighted by atomic mass is 10.1. The molecule has 0 atom stereocenters. The molecule has 6 heteroatoms. The summed E-state index contributed by atoms with van der Waals surface area (Å²) in [5.41, 5.74) is 2.04. The third kappa shape index (κ3) is 2.92. The number of ether oxygens (including phenoxy) is 1. The highest BCUT2D eigenvalue weighted by molar-refractivity contribution is 7.17. The van der Waals surface area contributed by atoms with Crippen molar-refractivity contribution in [3.05, 3.63) is 69.4 Å². The Morgan fingerprint density at radius 3 is 2.40 bits per heavy atom. The van der Waals surface area contributed by atoms with Gasteiger partial charge in [-0.2, -0.15) is 0 Å². The zero-order valence-corrected chi connectivity index (χ0v) is 14.7. The third-order valence-corrected chi connectivity index (χ3v) is 4.98. The predicted molar refractivity (Wildman–Crippen MR) is 101 cm³/mol. The molecule has 0 saturated carbocycles. The van der Waals surface area contributed by atoms with Gasteiger partial charge in [-0.3, -0.25) is 0 Å². The summed E-state index contributed by atoms with van der Waals surface area (Å²) in [5, 5.41) is 3.03. The summed E-state index contributed by atoms with van der Waals surface area (Å²) in [6, 6.07) is 14.6. The van der Waals surface area contributed by atoms with Gasteiger partial charge in [0, 0.05) is 21.5 Å². The fourth-order valence-electron chi connectivity index (χ4n) is 2.58. The van der Waals surface area contributed by atoms with Crippen molar-refractivity contribution in [2.75, 3.05) is 7.11 Å². The van der Waals surface area contributed by atoms with Crippen LogP contribution in [-0.4, -0.2) is 12.1 Å². The fraction of sp³-hybridized carbons (Fsp3) is 0.0526. The van der Waals surface area contributed by atoms with Crippen molar-refractivity contribution in [1.82, 2.24) is 4.98 Å². The molecule has 4 aromatic rings. The number of methoxy groups -OCH3 is 1. The van der Waals surface area contributed by atoms with E-state index >= 15 is 0 Å². The quantitative estimate of drug-likeness (QED) is 0.495. The van der Waals surface area contributed by atoms with Crippen molar-refractivity contribution >= 4 is 33.2 Å². The second-order valence-electron chi connectivity index (χ2n) is 5.37. The molecule has 0 radical (unpaired) electrons. The fourth-order valence-corrected chi connectivity index (χ4v) is 3.64. The van der Waals surface area contributed by atoms with E-state index in [1.54, 1.807) is 31.4 Å². The first-order valence-corrected chi connectivity index (χ1v) is 8.74. The van der Waals surface area contributed by atoms with Gasteiger partial charge in [0.25, 0.3) is 0 Å². The van der Waals surface area contributed by atoms with E-state index in [0.717, 1.165) is 16.9 Å². The Labute approximate surface area is 152 Å². The summed E-state index contributed by atoms with van der Waals surface area (Å²) in [4.78, 5) is 17.7. The van der Waals surface area contributed by atoms with Gasteiger partial charge in [0.05, 0.1) is 7.11 Å². The molecule has 124 valence electrons. The van der Waals surface area contributed by atoms with Gasteiger partial charge in [-0.1, -0.05) is 23.7 Å². The van der Waals surface area contributed by atoms with Crippen LogP contribution in [0.4, 0.5) is 0 Å². The second-order valence-corrected chi connectivity index (χ2v) is 6.67. The van der Waals surface area contributed by atoms with E-state index in [2.05, 4.69) is 4.98 Å². The first-order valence-electron chi connectivity index (χ1n) is 7.48. The lowest BCUT2D eigenvalue weighted by molar-refractivity contribution is 0.415. The second kappa shape index (κ2) is 6.35. The number of benzene rings is 2. The lowest BCUT2D eigenvalue weighted by Crippen LogP contribution is -2.02. The van der Waals surface area contributed by atoms with Crippen LogP contribution in [0.5, 0.6) is 5.75 Å². The average Bonchev–Trinajstić information content (AvgIpc) is 3.07. The molecule has 2 heterocycles. The summed E-state index contributed by atoms with van der Waals surface area (Å²) < 4.78 is 10.6. The van der Waals surface area contributed by atoms with Crippen LogP contribution in [0.2, 0.25) is 5.02 Å². The normalized spacial score (nSPS) is 11.0. The minimum Gasteiger partial charge on any atom is -0.497 e. The van der Waals surface area contributed by atoms with Crippen molar-refractivity contribution in [1.29, 1.82) is 0 Å². The van der Waals surface area contributed by atoms with Crippen LogP contribution in [-0.2, 0) is 0 Å². The smallest absolute Gasteiger partial charge is 0.348 e. The maximum atomic E-state index is 12.6. The number of hydrogen-bond donors (Lipinski definition) is 0. The highest BCUT2D eigenvalue weighted by Gasteiger charge is 2.15. The first-order chi connectivity index (χ1) is 12.2. The van der Waals surface area contributed by atoms with Crippen molar-refractivity contribution in [3.63, 3.8) is 0 Å². The molecule has 0 fully saturated rings. The highest BCUT2D eigenvalue weighted by atomic mass is 35.5. The first kappa shape index (κ1) is 15.9. The van der Waals surface area contributed by atoms with Crippen LogP contribution >= 0.6 is 22.9 Å². The van der Waals surface area contributed by atoms with Crippen LogP contribution < -0.4 is 10.4 Å². The number of nitrogens with zero attached hydrogens (tertiary/aromatic N) is 1. The van der Waals surface area contributed by atoms with Gasteiger partial charge in [0.15, 0.2) is 0 Å². The predicted octanol–water partition coefficient (Wildman–Crippen LogP) is 5.25. The van der Waals surface area contributed by atoms with Gasteiger partial charge < -0.3 is 9.15 Å². The standard InChI is InChI=1S/C19H12ClNO3S/c1-23-14-8-4-11(5-9-14)15-10-25-18-16(15)19(22)24-17(21-18)12-2-6-13(20)7-3-12/h2-10H,1H3. The van der Waals surface area contributed by atoms with Crippen molar-refractivity contribution < 1.29 is 9.15 Å². The molecule has 0 unspecified atom stereocenters. The van der Waals surface area contributed by atoms with Gasteiger partial charge in [0.2, 0.25) is 5.89 Å². The monoisotopic (exact) mass is 369 g/mol. The van der Waals surface area contributed by atoms with E-state index in [9.17, 15) is 4.79 Å². The minimum atomic E-state index is -0.401. The van der Waals surface area contributed by atoms with Crippen LogP contribution in [0.15, 0.2) is 63.1 Å². The van der Waals surface area contributed by atoms with Gasteiger partial charge in [-0.25, -0.2) is 9.78 Å². The molecule has 4 nitrogen and oxygen atoms in total. The van der Waals surface area contributed by atoms with E-state index in [4.69, 9.17) is 20.8 Å². The molecule has 0 aliphatic heterocycles. The molecule has 25 heavy (non-hydrogen) atoms. The Hall–Kier alpha value is -2.63. The Morgan fingerprint density at radius 2 is 1.72 bits per heavy atom. The Bertz CT molecular complexity index is 1100. The minimum absolute atomic E-state index is 0.289. The summed E-state index contributed by atoms with van der Waals surface area (Å²) in [5.74, 6) is 1.05. The number of halogens is 1. The molecule has 2 aromatic heterocycles. The molecule has 0 N–H and O–H groups in total. The zero-order valence-electron chi connectivity index (χ0n) is 13.2. The van der Waals surface area contributed by atoms with E-state index < -0.39 is 5.63 Å². The topological polar surface area (TPSA) is 52.3 Å². The lowest BCUT2D eigenvalue weighted by Gasteiger charge is -2.03. The van der Waals surface area contributed by atoms with Gasteiger partial charge in [-0.05, 0) is 42.0 Å². The molecule has 2 aromatic carbocycles. The van der Waals surface area contributed by atoms with E-state index in [1.165, 1.54) is 11.3 Å². The number of hydrogen-bond acceptors (Lipinski definition) is 5. The summed E-state index contributed by atoms with van der Waals surface area (Å²) in [7, 11) is 1.62. The SMILES string of the molecule is COc1ccc(-c2csc3nc(-c4ccc(Cl)cc4)oc(=O)c23)cc1. The number of thiophene rings is 1. The molecular formula is C19H12ClNO3S. The number of fused-ring (bicyclic) bond motifs is 1. The Morgan fingerprint density at radius 1 is 1.04 bits per heavy atom. The molecule has 0 amide bonds. The van der Waals surface area contributed by atoms with E-state index in [0.29, 0.717) is 20.8 Å². The maximum absolute atomic E-state index is 12.6. The molecule has 0 spiro atoms. The van der Waals surface area contributed by atoms with Gasteiger partial charge in [0.1, 0.15) is 16.0 Å². The number of aromatic nitrogens is 1. The molecular weight excluding hydrogens is 358 g/mol. The Kier molecular flexibility index (Phi) is 4.03. The molecule has 0 bridgehead atoms. The van der Waals surface area contributed by atoms with Gasteiger partial charge in [-0.15, -0.1) is 11.3 Å². The summed E-state index contributed by atoms with van der Waals surface area (Å²) in [6.07, 6.45) is 0. The molecule has 0 aliphatic carbocycles. The van der Waals surface area contributed by atoms with E-state index in [-0.39, 0.29) is 5.89 Å². The third-order valence-electron chi connectivity index (χ3n) is 3.86. The van der Waals surface area contributed by atoms with Crippen LogP contribution in [0.1, 0.15) is 0 Å². The number of rotatable bonds is 3. The molecule has 0 saturated heterocycles. The van der Waals surface area contributed by atoms with Crippen molar-refractivity contribution in [2.45, 2.75) is 0 Å². The van der Waals surface area contributed by atoms with Crippen LogP contribution in [0, 0.1) is 0 Å². The van der Waals surface area contributed by atoms with E-state index in [1.807, 2.05) is 29.6 Å². The highest BCUT2D eigenvalue weighted by Crippen LogP contribution is 2.33. The van der Waals surface area contributed by atoms with Crippen molar-refractivity contribution in [2.24, 2.45) is 0 Å². The largest absolute Gasteiger partial charge is 0.497 e. The Balaban J connectivity index is 1.84. The summed E-state index contributed by atoms with van der Waals surface area (Å²) >= 11 is 7.32. The zero-order chi connectivity index (χ0) is 17.4.